The summed E-state index contributed by atoms with van der Waals surface area (Å²) in [6.45, 7) is 6.33. The number of piperazine rings is 1. The zero-order valence-electron chi connectivity index (χ0n) is 14.6. The molecule has 2 aromatic rings. The molecule has 0 aliphatic carbocycles. The summed E-state index contributed by atoms with van der Waals surface area (Å²) in [6.07, 6.45) is 0.971. The number of anilines is 1. The van der Waals surface area contributed by atoms with Crippen molar-refractivity contribution >= 4 is 27.3 Å². The van der Waals surface area contributed by atoms with Crippen molar-refractivity contribution in [3.05, 3.63) is 58.6 Å². The van der Waals surface area contributed by atoms with E-state index in [1.807, 2.05) is 19.1 Å². The van der Waals surface area contributed by atoms with Crippen molar-refractivity contribution in [3.8, 4) is 0 Å². The molecule has 0 saturated carbocycles. The minimum atomic E-state index is -3.47. The van der Waals surface area contributed by atoms with E-state index in [0.717, 1.165) is 12.0 Å². The van der Waals surface area contributed by atoms with Crippen molar-refractivity contribution in [2.75, 3.05) is 31.1 Å². The van der Waals surface area contributed by atoms with E-state index in [4.69, 9.17) is 11.6 Å². The minimum Gasteiger partial charge on any atom is -0.369 e. The average molecular weight is 379 g/mol. The maximum absolute atomic E-state index is 12.9. The van der Waals surface area contributed by atoms with Gasteiger partial charge in [-0.05, 0) is 48.7 Å². The van der Waals surface area contributed by atoms with Crippen LogP contribution in [0.15, 0.2) is 47.4 Å². The van der Waals surface area contributed by atoms with Crippen molar-refractivity contribution in [2.45, 2.75) is 25.2 Å². The molecule has 0 unspecified atom stereocenters. The maximum atomic E-state index is 12.9. The third-order valence-electron chi connectivity index (χ3n) is 4.72. The summed E-state index contributed by atoms with van der Waals surface area (Å²) in [5.41, 5.74) is 3.29. The molecule has 0 bridgehead atoms. The molecular formula is C19H23ClN2O2S. The van der Waals surface area contributed by atoms with E-state index in [1.165, 1.54) is 11.3 Å². The van der Waals surface area contributed by atoms with E-state index in [2.05, 4.69) is 24.0 Å². The second kappa shape index (κ2) is 7.36. The molecule has 134 valence electrons. The predicted octanol–water partition coefficient (Wildman–Crippen LogP) is 3.72. The Hall–Kier alpha value is -1.56. The van der Waals surface area contributed by atoms with Gasteiger partial charge in [-0.3, -0.25) is 0 Å². The molecular weight excluding hydrogens is 356 g/mol. The van der Waals surface area contributed by atoms with Gasteiger partial charge in [0.1, 0.15) is 0 Å². The van der Waals surface area contributed by atoms with Crippen molar-refractivity contribution in [2.24, 2.45) is 0 Å². The Labute approximate surface area is 155 Å². The number of hydrogen-bond acceptors (Lipinski definition) is 3. The standard InChI is InChI=1S/C19H23ClN2O2S/c1-3-16-6-4-5-7-19(16)21-10-12-22(13-11-21)25(23,24)17-8-9-18(20)15(2)14-17/h4-9,14H,3,10-13H2,1-2H3. The first-order valence-corrected chi connectivity index (χ1v) is 10.3. The highest BCUT2D eigenvalue weighted by atomic mass is 35.5. The summed E-state index contributed by atoms with van der Waals surface area (Å²) < 4.78 is 27.3. The SMILES string of the molecule is CCc1ccccc1N1CCN(S(=O)(=O)c2ccc(Cl)c(C)c2)CC1. The van der Waals surface area contributed by atoms with Gasteiger partial charge in [-0.1, -0.05) is 36.7 Å². The van der Waals surface area contributed by atoms with Gasteiger partial charge in [0.15, 0.2) is 0 Å². The minimum absolute atomic E-state index is 0.316. The average Bonchev–Trinajstić information content (AvgIpc) is 2.64. The summed E-state index contributed by atoms with van der Waals surface area (Å²) in [4.78, 5) is 2.59. The zero-order chi connectivity index (χ0) is 18.0. The summed E-state index contributed by atoms with van der Waals surface area (Å²) in [5.74, 6) is 0. The highest BCUT2D eigenvalue weighted by molar-refractivity contribution is 7.89. The first kappa shape index (κ1) is 18.2. The highest BCUT2D eigenvalue weighted by Crippen LogP contribution is 2.26. The van der Waals surface area contributed by atoms with E-state index < -0.39 is 10.0 Å². The van der Waals surface area contributed by atoms with Gasteiger partial charge >= 0.3 is 0 Å². The molecule has 6 heteroatoms. The van der Waals surface area contributed by atoms with E-state index >= 15 is 0 Å². The number of benzene rings is 2. The summed E-state index contributed by atoms with van der Waals surface area (Å²) >= 11 is 6.02. The quantitative estimate of drug-likeness (QED) is 0.814. The zero-order valence-corrected chi connectivity index (χ0v) is 16.1. The van der Waals surface area contributed by atoms with Crippen LogP contribution in [-0.4, -0.2) is 38.9 Å². The Morgan fingerprint density at radius 2 is 1.72 bits per heavy atom. The van der Waals surface area contributed by atoms with Crippen LogP contribution in [-0.2, 0) is 16.4 Å². The lowest BCUT2D eigenvalue weighted by Crippen LogP contribution is -2.48. The van der Waals surface area contributed by atoms with Gasteiger partial charge in [0.25, 0.3) is 0 Å². The summed E-state index contributed by atoms with van der Waals surface area (Å²) in [5, 5.41) is 0.583. The normalized spacial score (nSPS) is 16.2. The van der Waals surface area contributed by atoms with Crippen molar-refractivity contribution < 1.29 is 8.42 Å². The Kier molecular flexibility index (Phi) is 5.37. The van der Waals surface area contributed by atoms with Gasteiger partial charge < -0.3 is 4.90 Å². The largest absolute Gasteiger partial charge is 0.369 e. The molecule has 0 N–H and O–H groups in total. The van der Waals surface area contributed by atoms with Crippen molar-refractivity contribution in [1.29, 1.82) is 0 Å². The number of aryl methyl sites for hydroxylation is 2. The molecule has 1 saturated heterocycles. The fourth-order valence-electron chi connectivity index (χ4n) is 3.21. The number of para-hydroxylation sites is 1. The fourth-order valence-corrected chi connectivity index (χ4v) is 4.84. The Bertz CT molecular complexity index is 859. The second-order valence-electron chi connectivity index (χ2n) is 6.28. The maximum Gasteiger partial charge on any atom is 0.243 e. The first-order chi connectivity index (χ1) is 11.9. The van der Waals surface area contributed by atoms with Crippen LogP contribution < -0.4 is 4.90 Å². The van der Waals surface area contributed by atoms with Crippen LogP contribution in [0.5, 0.6) is 0 Å². The lowest BCUT2D eigenvalue weighted by molar-refractivity contribution is 0.384. The van der Waals surface area contributed by atoms with Crippen molar-refractivity contribution in [1.82, 2.24) is 4.31 Å². The Morgan fingerprint density at radius 3 is 2.36 bits per heavy atom. The van der Waals surface area contributed by atoms with Crippen LogP contribution in [0.4, 0.5) is 5.69 Å². The molecule has 1 fully saturated rings. The molecule has 25 heavy (non-hydrogen) atoms. The second-order valence-corrected chi connectivity index (χ2v) is 8.63. The molecule has 0 spiro atoms. The van der Waals surface area contributed by atoms with Crippen LogP contribution in [0.25, 0.3) is 0 Å². The Balaban J connectivity index is 1.76. The van der Waals surface area contributed by atoms with E-state index in [0.29, 0.717) is 36.1 Å². The number of nitrogens with zero attached hydrogens (tertiary/aromatic N) is 2. The van der Waals surface area contributed by atoms with Gasteiger partial charge in [0.05, 0.1) is 4.90 Å². The monoisotopic (exact) mass is 378 g/mol. The van der Waals surface area contributed by atoms with Crippen LogP contribution in [0.1, 0.15) is 18.1 Å². The third kappa shape index (κ3) is 3.68. The molecule has 1 aliphatic heterocycles. The lowest BCUT2D eigenvalue weighted by Gasteiger charge is -2.36. The molecule has 4 nitrogen and oxygen atoms in total. The molecule has 0 radical (unpaired) electrons. The van der Waals surface area contributed by atoms with Gasteiger partial charge in [-0.2, -0.15) is 4.31 Å². The summed E-state index contributed by atoms with van der Waals surface area (Å²) in [7, 11) is -3.47. The topological polar surface area (TPSA) is 40.6 Å². The van der Waals surface area contributed by atoms with E-state index in [1.54, 1.807) is 22.5 Å². The number of sulfonamides is 1. The van der Waals surface area contributed by atoms with Crippen LogP contribution in [0.2, 0.25) is 5.02 Å². The van der Waals surface area contributed by atoms with Crippen LogP contribution in [0.3, 0.4) is 0 Å². The van der Waals surface area contributed by atoms with Crippen LogP contribution in [0, 0.1) is 6.92 Å². The Morgan fingerprint density at radius 1 is 1.04 bits per heavy atom. The molecule has 0 amide bonds. The molecule has 2 aromatic carbocycles. The smallest absolute Gasteiger partial charge is 0.243 e. The molecule has 3 rings (SSSR count). The number of hydrogen-bond donors (Lipinski definition) is 0. The summed E-state index contributed by atoms with van der Waals surface area (Å²) in [6, 6.07) is 13.2. The van der Waals surface area contributed by atoms with E-state index in [-0.39, 0.29) is 0 Å². The van der Waals surface area contributed by atoms with Gasteiger partial charge in [0, 0.05) is 36.9 Å². The fraction of sp³-hybridized carbons (Fsp3) is 0.368. The van der Waals surface area contributed by atoms with Crippen molar-refractivity contribution in [3.63, 3.8) is 0 Å². The predicted molar refractivity (Wildman–Crippen MR) is 103 cm³/mol. The first-order valence-electron chi connectivity index (χ1n) is 8.52. The van der Waals surface area contributed by atoms with E-state index in [9.17, 15) is 8.42 Å². The number of halogens is 1. The van der Waals surface area contributed by atoms with Gasteiger partial charge in [0.2, 0.25) is 10.0 Å². The number of rotatable bonds is 4. The van der Waals surface area contributed by atoms with Gasteiger partial charge in [-0.25, -0.2) is 8.42 Å². The molecule has 1 aliphatic rings. The van der Waals surface area contributed by atoms with Gasteiger partial charge in [-0.15, -0.1) is 0 Å². The lowest BCUT2D eigenvalue weighted by atomic mass is 10.1. The third-order valence-corrected chi connectivity index (χ3v) is 7.04. The highest BCUT2D eigenvalue weighted by Gasteiger charge is 2.29. The van der Waals surface area contributed by atoms with Crippen LogP contribution >= 0.6 is 11.6 Å². The molecule has 0 atom stereocenters. The molecule has 0 aromatic heterocycles. The molecule has 1 heterocycles.